The van der Waals surface area contributed by atoms with Gasteiger partial charge in [-0.1, -0.05) is 25.7 Å². The zero-order chi connectivity index (χ0) is 14.7. The lowest BCUT2D eigenvalue weighted by atomic mass is 9.94. The fourth-order valence-electron chi connectivity index (χ4n) is 3.73. The fourth-order valence-corrected chi connectivity index (χ4v) is 5.02. The molecule has 1 heterocycles. The van der Waals surface area contributed by atoms with Gasteiger partial charge < -0.3 is 10.4 Å². The van der Waals surface area contributed by atoms with E-state index in [1.807, 2.05) is 11.3 Å². The van der Waals surface area contributed by atoms with Crippen LogP contribution in [0.3, 0.4) is 0 Å². The van der Waals surface area contributed by atoms with Crippen LogP contribution in [-0.2, 0) is 12.8 Å². The van der Waals surface area contributed by atoms with Gasteiger partial charge in [0.05, 0.1) is 5.60 Å². The summed E-state index contributed by atoms with van der Waals surface area (Å²) in [5, 5.41) is 14.4. The Hall–Kier alpha value is -0.380. The highest BCUT2D eigenvalue weighted by atomic mass is 32.1. The highest BCUT2D eigenvalue weighted by Crippen LogP contribution is 2.33. The van der Waals surface area contributed by atoms with Crippen molar-refractivity contribution in [1.29, 1.82) is 0 Å². The van der Waals surface area contributed by atoms with Gasteiger partial charge in [0.25, 0.3) is 0 Å². The average molecular weight is 308 g/mol. The summed E-state index contributed by atoms with van der Waals surface area (Å²) in [5.41, 5.74) is 1.12. The summed E-state index contributed by atoms with van der Waals surface area (Å²) in [6.07, 6.45) is 12.1. The lowest BCUT2D eigenvalue weighted by Crippen LogP contribution is -2.40. The standard InChI is InChI=1S/C18H29NOS/c1-14(17-12-15-8-4-5-9-16(15)21-17)19-13-18(20)10-6-2-3-7-11-18/h12,14,19-20H,2-11,13H2,1H3. The predicted octanol–water partition coefficient (Wildman–Crippen LogP) is 4.36. The number of hydrogen-bond acceptors (Lipinski definition) is 3. The van der Waals surface area contributed by atoms with Crippen LogP contribution in [0, 0.1) is 0 Å². The summed E-state index contributed by atoms with van der Waals surface area (Å²) in [7, 11) is 0. The van der Waals surface area contributed by atoms with Crippen molar-refractivity contribution in [3.8, 4) is 0 Å². The first-order valence-corrected chi connectivity index (χ1v) is 9.55. The molecule has 0 bridgehead atoms. The monoisotopic (exact) mass is 307 g/mol. The number of aryl methyl sites for hydroxylation is 2. The Morgan fingerprint density at radius 1 is 1.14 bits per heavy atom. The van der Waals surface area contributed by atoms with Gasteiger partial charge >= 0.3 is 0 Å². The summed E-state index contributed by atoms with van der Waals surface area (Å²) in [6, 6.07) is 2.78. The second-order valence-electron chi connectivity index (χ2n) is 7.05. The minimum absolute atomic E-state index is 0.368. The molecule has 2 N–H and O–H groups in total. The highest BCUT2D eigenvalue weighted by Gasteiger charge is 2.28. The van der Waals surface area contributed by atoms with Gasteiger partial charge in [0.15, 0.2) is 0 Å². The lowest BCUT2D eigenvalue weighted by molar-refractivity contribution is 0.0232. The highest BCUT2D eigenvalue weighted by molar-refractivity contribution is 7.12. The molecule has 1 atom stereocenters. The molecular formula is C18H29NOS. The van der Waals surface area contributed by atoms with Crippen molar-refractivity contribution in [3.63, 3.8) is 0 Å². The van der Waals surface area contributed by atoms with Crippen LogP contribution in [-0.4, -0.2) is 17.3 Å². The summed E-state index contributed by atoms with van der Waals surface area (Å²) >= 11 is 1.99. The predicted molar refractivity (Wildman–Crippen MR) is 90.0 cm³/mol. The first-order chi connectivity index (χ1) is 10.2. The molecule has 0 amide bonds. The van der Waals surface area contributed by atoms with E-state index in [1.165, 1.54) is 56.2 Å². The number of thiophene rings is 1. The molecule has 0 aliphatic heterocycles. The maximum Gasteiger partial charge on any atom is 0.0771 e. The van der Waals surface area contributed by atoms with Crippen LogP contribution >= 0.6 is 11.3 Å². The van der Waals surface area contributed by atoms with Gasteiger partial charge in [-0.25, -0.2) is 0 Å². The third kappa shape index (κ3) is 3.88. The number of rotatable bonds is 4. The molecule has 2 aliphatic carbocycles. The van der Waals surface area contributed by atoms with Gasteiger partial charge in [-0.3, -0.25) is 0 Å². The molecule has 118 valence electrons. The van der Waals surface area contributed by atoms with Crippen molar-refractivity contribution >= 4 is 11.3 Å². The first-order valence-electron chi connectivity index (χ1n) is 8.74. The topological polar surface area (TPSA) is 32.3 Å². The minimum atomic E-state index is -0.471. The average Bonchev–Trinajstić information content (AvgIpc) is 2.81. The Balaban J connectivity index is 1.58. The van der Waals surface area contributed by atoms with Crippen LogP contribution in [0.5, 0.6) is 0 Å². The van der Waals surface area contributed by atoms with Crippen molar-refractivity contribution in [1.82, 2.24) is 5.32 Å². The molecule has 1 aromatic rings. The van der Waals surface area contributed by atoms with Crippen molar-refractivity contribution in [2.45, 2.75) is 82.8 Å². The van der Waals surface area contributed by atoms with Crippen molar-refractivity contribution in [3.05, 3.63) is 21.4 Å². The van der Waals surface area contributed by atoms with E-state index in [1.54, 1.807) is 10.4 Å². The second kappa shape index (κ2) is 6.80. The summed E-state index contributed by atoms with van der Waals surface area (Å²) in [6.45, 7) is 2.99. The molecule has 0 saturated heterocycles. The zero-order valence-electron chi connectivity index (χ0n) is 13.3. The maximum atomic E-state index is 10.8. The number of aliphatic hydroxyl groups is 1. The molecule has 21 heavy (non-hydrogen) atoms. The molecule has 3 heteroatoms. The van der Waals surface area contributed by atoms with E-state index >= 15 is 0 Å². The molecule has 3 rings (SSSR count). The summed E-state index contributed by atoms with van der Waals surface area (Å²) in [4.78, 5) is 3.07. The third-order valence-corrected chi connectivity index (χ3v) is 6.63. The molecule has 1 saturated carbocycles. The number of fused-ring (bicyclic) bond motifs is 1. The second-order valence-corrected chi connectivity index (χ2v) is 8.21. The SMILES string of the molecule is CC(NCC1(O)CCCCCC1)c1cc2c(s1)CCCC2. The van der Waals surface area contributed by atoms with Gasteiger partial charge in [-0.05, 0) is 57.1 Å². The molecule has 0 spiro atoms. The Labute approximate surface area is 133 Å². The van der Waals surface area contributed by atoms with Gasteiger partial charge in [0.2, 0.25) is 0 Å². The van der Waals surface area contributed by atoms with Gasteiger partial charge in [-0.15, -0.1) is 11.3 Å². The summed E-state index contributed by atoms with van der Waals surface area (Å²) in [5.74, 6) is 0. The Bertz CT molecular complexity index is 436. The van der Waals surface area contributed by atoms with E-state index in [9.17, 15) is 5.11 Å². The fraction of sp³-hybridized carbons (Fsp3) is 0.778. The Kier molecular flexibility index (Phi) is 5.03. The van der Waals surface area contributed by atoms with E-state index in [0.29, 0.717) is 6.04 Å². The molecule has 1 fully saturated rings. The maximum absolute atomic E-state index is 10.8. The van der Waals surface area contributed by atoms with E-state index in [0.717, 1.165) is 19.4 Å². The molecule has 1 unspecified atom stereocenters. The van der Waals surface area contributed by atoms with Gasteiger partial charge in [0.1, 0.15) is 0 Å². The smallest absolute Gasteiger partial charge is 0.0771 e. The van der Waals surface area contributed by atoms with Crippen LogP contribution in [0.15, 0.2) is 6.07 Å². The molecule has 2 aliphatic rings. The lowest BCUT2D eigenvalue weighted by Gasteiger charge is -2.28. The van der Waals surface area contributed by atoms with E-state index in [2.05, 4.69) is 18.3 Å². The van der Waals surface area contributed by atoms with Crippen molar-refractivity contribution in [2.75, 3.05) is 6.54 Å². The van der Waals surface area contributed by atoms with E-state index in [4.69, 9.17) is 0 Å². The van der Waals surface area contributed by atoms with Crippen LogP contribution in [0.4, 0.5) is 0 Å². The molecule has 0 radical (unpaired) electrons. The van der Waals surface area contributed by atoms with E-state index in [-0.39, 0.29) is 0 Å². The molecule has 1 aromatic heterocycles. The van der Waals surface area contributed by atoms with Crippen LogP contribution in [0.1, 0.15) is 79.6 Å². The third-order valence-electron chi connectivity index (χ3n) is 5.21. The molecular weight excluding hydrogens is 278 g/mol. The minimum Gasteiger partial charge on any atom is -0.389 e. The molecule has 2 nitrogen and oxygen atoms in total. The largest absolute Gasteiger partial charge is 0.389 e. The van der Waals surface area contributed by atoms with Crippen LogP contribution in [0.25, 0.3) is 0 Å². The van der Waals surface area contributed by atoms with E-state index < -0.39 is 5.60 Å². The quantitative estimate of drug-likeness (QED) is 0.810. The van der Waals surface area contributed by atoms with Gasteiger partial charge in [-0.2, -0.15) is 0 Å². The first kappa shape index (κ1) is 15.5. The van der Waals surface area contributed by atoms with Crippen molar-refractivity contribution < 1.29 is 5.11 Å². The Morgan fingerprint density at radius 2 is 1.86 bits per heavy atom. The van der Waals surface area contributed by atoms with Crippen molar-refractivity contribution in [2.24, 2.45) is 0 Å². The van der Waals surface area contributed by atoms with Gasteiger partial charge in [0, 0.05) is 22.3 Å². The summed E-state index contributed by atoms with van der Waals surface area (Å²) < 4.78 is 0. The number of hydrogen-bond donors (Lipinski definition) is 2. The number of nitrogens with one attached hydrogen (secondary N) is 1. The molecule has 0 aromatic carbocycles. The van der Waals surface area contributed by atoms with Crippen LogP contribution < -0.4 is 5.32 Å². The zero-order valence-corrected chi connectivity index (χ0v) is 14.1. The normalized spacial score (nSPS) is 23.3. The van der Waals surface area contributed by atoms with Crippen LogP contribution in [0.2, 0.25) is 0 Å². The Morgan fingerprint density at radius 3 is 2.57 bits per heavy atom.